The number of nitrogens with two attached hydrogens (primary N) is 1. The number of imide groups is 1. The lowest BCUT2D eigenvalue weighted by Crippen LogP contribution is -2.42. The number of hydrogen-bond acceptors (Lipinski definition) is 5. The van der Waals surface area contributed by atoms with Crippen molar-refractivity contribution >= 4 is 11.8 Å². The Morgan fingerprint density at radius 2 is 1.18 bits per heavy atom. The van der Waals surface area contributed by atoms with Gasteiger partial charge >= 0.3 is 0 Å². The van der Waals surface area contributed by atoms with Gasteiger partial charge in [-0.2, -0.15) is 0 Å². The highest BCUT2D eigenvalue weighted by Gasteiger charge is 2.20. The molecule has 0 atom stereocenters. The summed E-state index contributed by atoms with van der Waals surface area (Å²) in [5.74, 6) is 6.38. The van der Waals surface area contributed by atoms with Crippen LogP contribution in [0.4, 0.5) is 0 Å². The third-order valence-electron chi connectivity index (χ3n) is 6.47. The van der Waals surface area contributed by atoms with Gasteiger partial charge in [-0.25, -0.2) is 10.9 Å². The first-order valence-corrected chi connectivity index (χ1v) is 13.6. The molecule has 6 heteroatoms. The molecule has 0 fully saturated rings. The van der Waals surface area contributed by atoms with E-state index in [-0.39, 0.29) is 0 Å². The summed E-state index contributed by atoms with van der Waals surface area (Å²) in [6, 6.07) is 21.6. The van der Waals surface area contributed by atoms with E-state index in [0.717, 1.165) is 31.6 Å². The first kappa shape index (κ1) is 28.9. The number of aryl methyl sites for hydroxylation is 2. The second-order valence-corrected chi connectivity index (χ2v) is 9.67. The summed E-state index contributed by atoms with van der Waals surface area (Å²) in [6.45, 7) is 5.60. The van der Waals surface area contributed by atoms with E-state index in [2.05, 4.69) is 32.0 Å². The average Bonchev–Trinajstić information content (AvgIpc) is 2.95. The van der Waals surface area contributed by atoms with Gasteiger partial charge in [-0.1, -0.05) is 68.9 Å². The maximum atomic E-state index is 12.5. The van der Waals surface area contributed by atoms with Crippen LogP contribution in [0.2, 0.25) is 0 Å². The van der Waals surface area contributed by atoms with Crippen LogP contribution in [0, 0.1) is 13.8 Å². The molecule has 0 aliphatic rings. The van der Waals surface area contributed by atoms with Gasteiger partial charge in [0.05, 0.1) is 13.2 Å². The number of hydrogen-bond donors (Lipinski definition) is 1. The molecule has 0 heterocycles. The minimum Gasteiger partial charge on any atom is -0.494 e. The number of nitrogens with zero attached hydrogens (tertiary/aromatic N) is 1. The molecule has 0 spiro atoms. The molecule has 0 aliphatic heterocycles. The first-order valence-electron chi connectivity index (χ1n) is 13.6. The van der Waals surface area contributed by atoms with Gasteiger partial charge in [0, 0.05) is 11.1 Å². The van der Waals surface area contributed by atoms with Crippen LogP contribution in [0.15, 0.2) is 72.8 Å². The van der Waals surface area contributed by atoms with E-state index in [0.29, 0.717) is 28.5 Å². The van der Waals surface area contributed by atoms with Crippen molar-refractivity contribution in [3.8, 4) is 11.5 Å². The molecule has 2 N–H and O–H groups in total. The molecule has 6 nitrogen and oxygen atoms in total. The van der Waals surface area contributed by atoms with Crippen LogP contribution >= 0.6 is 0 Å². The van der Waals surface area contributed by atoms with Gasteiger partial charge in [-0.3, -0.25) is 9.59 Å². The fourth-order valence-corrected chi connectivity index (χ4v) is 4.14. The fourth-order valence-electron chi connectivity index (χ4n) is 4.14. The van der Waals surface area contributed by atoms with Crippen molar-refractivity contribution < 1.29 is 19.1 Å². The zero-order valence-corrected chi connectivity index (χ0v) is 22.7. The van der Waals surface area contributed by atoms with E-state index in [9.17, 15) is 9.59 Å². The van der Waals surface area contributed by atoms with Gasteiger partial charge < -0.3 is 9.47 Å². The predicted molar refractivity (Wildman–Crippen MR) is 151 cm³/mol. The normalized spacial score (nSPS) is 10.7. The molecule has 38 heavy (non-hydrogen) atoms. The Kier molecular flexibility index (Phi) is 11.9. The molecule has 0 radical (unpaired) electrons. The Bertz CT molecular complexity index is 1150. The minimum absolute atomic E-state index is 0.334. The smallest absolute Gasteiger partial charge is 0.275 e. The van der Waals surface area contributed by atoms with Crippen molar-refractivity contribution in [2.24, 2.45) is 5.84 Å². The molecular weight excluding hydrogens is 476 g/mol. The lowest BCUT2D eigenvalue weighted by atomic mass is 10.1. The predicted octanol–water partition coefficient (Wildman–Crippen LogP) is 7.04. The highest BCUT2D eigenvalue weighted by atomic mass is 16.5. The molecular formula is C32H40N2O4. The van der Waals surface area contributed by atoms with Crippen LogP contribution in [-0.4, -0.2) is 30.0 Å². The van der Waals surface area contributed by atoms with E-state index in [4.69, 9.17) is 15.3 Å². The molecule has 0 bridgehead atoms. The van der Waals surface area contributed by atoms with E-state index < -0.39 is 11.8 Å². The van der Waals surface area contributed by atoms with Crippen LogP contribution in [0.3, 0.4) is 0 Å². The Morgan fingerprint density at radius 1 is 0.658 bits per heavy atom. The zero-order chi connectivity index (χ0) is 27.2. The minimum atomic E-state index is -0.556. The Hall–Kier alpha value is -3.64. The van der Waals surface area contributed by atoms with Gasteiger partial charge in [0.2, 0.25) is 0 Å². The largest absolute Gasteiger partial charge is 0.494 e. The molecule has 3 rings (SSSR count). The third-order valence-corrected chi connectivity index (χ3v) is 6.47. The second-order valence-electron chi connectivity index (χ2n) is 9.67. The summed E-state index contributed by atoms with van der Waals surface area (Å²) >= 11 is 0. The number of rotatable bonds is 15. The molecule has 0 saturated heterocycles. The zero-order valence-electron chi connectivity index (χ0n) is 22.7. The lowest BCUT2D eigenvalue weighted by Gasteiger charge is -2.15. The van der Waals surface area contributed by atoms with Gasteiger partial charge in [0.1, 0.15) is 11.5 Å². The van der Waals surface area contributed by atoms with Crippen LogP contribution < -0.4 is 15.3 Å². The Morgan fingerprint density at radius 3 is 1.79 bits per heavy atom. The van der Waals surface area contributed by atoms with E-state index in [1.807, 2.05) is 0 Å². The van der Waals surface area contributed by atoms with E-state index in [1.165, 1.54) is 43.2 Å². The molecule has 3 aromatic carbocycles. The third kappa shape index (κ3) is 9.34. The first-order chi connectivity index (χ1) is 18.5. The van der Waals surface area contributed by atoms with Crippen molar-refractivity contribution in [3.05, 3.63) is 95.1 Å². The number of carbonyl (C=O) groups is 2. The summed E-state index contributed by atoms with van der Waals surface area (Å²) in [4.78, 5) is 24.9. The van der Waals surface area contributed by atoms with Crippen LogP contribution in [0.1, 0.15) is 83.2 Å². The van der Waals surface area contributed by atoms with Crippen molar-refractivity contribution in [2.75, 3.05) is 13.2 Å². The number of ether oxygens (including phenoxy) is 2. The van der Waals surface area contributed by atoms with E-state index in [1.54, 1.807) is 54.6 Å². The summed E-state index contributed by atoms with van der Waals surface area (Å²) < 4.78 is 11.7. The standard InChI is InChI=1S/C32H40N2O4/c1-25-16-17-26(2)30(24-25)38-23-13-8-6-4-3-5-7-12-22-37-29-20-18-28(19-21-29)32(36)34(33)31(35)27-14-10-9-11-15-27/h9-11,14-21,24H,3-8,12-13,22-23,33H2,1-2H3. The molecule has 0 unspecified atom stereocenters. The number of amides is 2. The van der Waals surface area contributed by atoms with Gasteiger partial charge in [0.25, 0.3) is 11.8 Å². The van der Waals surface area contributed by atoms with Crippen LogP contribution in [0.5, 0.6) is 11.5 Å². The highest BCUT2D eigenvalue weighted by Crippen LogP contribution is 2.20. The molecule has 0 aromatic heterocycles. The van der Waals surface area contributed by atoms with Crippen molar-refractivity contribution in [1.29, 1.82) is 0 Å². The highest BCUT2D eigenvalue weighted by molar-refractivity contribution is 6.09. The van der Waals surface area contributed by atoms with Gasteiger partial charge in [-0.15, -0.1) is 0 Å². The number of benzene rings is 3. The van der Waals surface area contributed by atoms with Crippen molar-refractivity contribution in [3.63, 3.8) is 0 Å². The maximum absolute atomic E-state index is 12.5. The Labute approximate surface area is 226 Å². The molecule has 3 aromatic rings. The van der Waals surface area contributed by atoms with Crippen molar-refractivity contribution in [2.45, 2.75) is 65.2 Å². The quantitative estimate of drug-likeness (QED) is 0.0770. The summed E-state index contributed by atoms with van der Waals surface area (Å²) in [5.41, 5.74) is 3.13. The maximum Gasteiger partial charge on any atom is 0.275 e. The SMILES string of the molecule is Cc1ccc(C)c(OCCCCCCCCCCOc2ccc(C(=O)N(N)C(=O)c3ccccc3)cc2)c1. The monoisotopic (exact) mass is 516 g/mol. The van der Waals surface area contributed by atoms with Gasteiger partial charge in [0.15, 0.2) is 0 Å². The average molecular weight is 517 g/mol. The molecule has 0 saturated carbocycles. The molecule has 0 aliphatic carbocycles. The topological polar surface area (TPSA) is 81.9 Å². The summed E-state index contributed by atoms with van der Waals surface area (Å²) in [5, 5.41) is 0.644. The lowest BCUT2D eigenvalue weighted by molar-refractivity contribution is 0.0615. The van der Waals surface area contributed by atoms with Crippen LogP contribution in [-0.2, 0) is 0 Å². The number of unbranched alkanes of at least 4 members (excludes halogenated alkanes) is 7. The Balaban J connectivity index is 1.21. The molecule has 2 amide bonds. The number of hydrazine groups is 1. The fraction of sp³-hybridized carbons (Fsp3) is 0.375. The van der Waals surface area contributed by atoms with Crippen LogP contribution in [0.25, 0.3) is 0 Å². The molecule has 202 valence electrons. The number of carbonyl (C=O) groups excluding carboxylic acids is 2. The van der Waals surface area contributed by atoms with E-state index >= 15 is 0 Å². The second kappa shape index (κ2) is 15.6. The summed E-state index contributed by atoms with van der Waals surface area (Å²) in [7, 11) is 0. The van der Waals surface area contributed by atoms with Crippen molar-refractivity contribution in [1.82, 2.24) is 5.01 Å². The summed E-state index contributed by atoms with van der Waals surface area (Å²) in [6.07, 6.45) is 9.37. The van der Waals surface area contributed by atoms with Gasteiger partial charge in [-0.05, 0) is 80.3 Å².